The van der Waals surface area contributed by atoms with Crippen molar-refractivity contribution in [2.45, 2.75) is 31.5 Å². The Morgan fingerprint density at radius 3 is 2.60 bits per heavy atom. The van der Waals surface area contributed by atoms with E-state index in [0.29, 0.717) is 13.0 Å². The molecule has 1 aliphatic heterocycles. The maximum absolute atomic E-state index is 11.8. The summed E-state index contributed by atoms with van der Waals surface area (Å²) in [5.74, 6) is -0.0307. The first-order chi connectivity index (χ1) is 9.74. The molecule has 0 amide bonds. The van der Waals surface area contributed by atoms with Gasteiger partial charge in [0.1, 0.15) is 12.7 Å². The van der Waals surface area contributed by atoms with Crippen LogP contribution in [-0.4, -0.2) is 45.1 Å². The number of ether oxygens (including phenoxy) is 4. The molecule has 0 bridgehead atoms. The van der Waals surface area contributed by atoms with Gasteiger partial charge in [0.2, 0.25) is 0 Å². The highest BCUT2D eigenvalue weighted by Gasteiger charge is 2.45. The number of carbonyl (C=O) groups is 1. The summed E-state index contributed by atoms with van der Waals surface area (Å²) >= 11 is 0. The minimum absolute atomic E-state index is 0.0307. The van der Waals surface area contributed by atoms with Gasteiger partial charge in [0.05, 0.1) is 12.7 Å². The number of rotatable bonds is 9. The van der Waals surface area contributed by atoms with Crippen molar-refractivity contribution >= 4 is 5.78 Å². The highest BCUT2D eigenvalue weighted by molar-refractivity contribution is 5.87. The molecule has 0 N–H and O–H groups in total. The van der Waals surface area contributed by atoms with E-state index >= 15 is 0 Å². The third-order valence-electron chi connectivity index (χ3n) is 3.21. The van der Waals surface area contributed by atoms with E-state index in [0.717, 1.165) is 5.56 Å². The van der Waals surface area contributed by atoms with Crippen LogP contribution in [0.5, 0.6) is 0 Å². The summed E-state index contributed by atoms with van der Waals surface area (Å²) < 4.78 is 20.9. The lowest BCUT2D eigenvalue weighted by Crippen LogP contribution is -2.21. The fourth-order valence-corrected chi connectivity index (χ4v) is 2.01. The number of ketones is 1. The Balaban J connectivity index is 1.64. The predicted molar refractivity (Wildman–Crippen MR) is 72.2 cm³/mol. The van der Waals surface area contributed by atoms with Gasteiger partial charge >= 0.3 is 0 Å². The minimum atomic E-state index is -0.376. The Bertz CT molecular complexity index is 416. The maximum Gasteiger partial charge on any atom is 0.189 e. The van der Waals surface area contributed by atoms with Crippen LogP contribution in [0.25, 0.3) is 0 Å². The van der Waals surface area contributed by atoms with Gasteiger partial charge in [0.25, 0.3) is 0 Å². The first-order valence-electron chi connectivity index (χ1n) is 6.60. The van der Waals surface area contributed by atoms with Gasteiger partial charge in [0.15, 0.2) is 12.1 Å². The van der Waals surface area contributed by atoms with Gasteiger partial charge in [0, 0.05) is 20.6 Å². The van der Waals surface area contributed by atoms with Crippen LogP contribution in [0.1, 0.15) is 12.0 Å². The summed E-state index contributed by atoms with van der Waals surface area (Å²) in [4.78, 5) is 11.8. The molecule has 1 saturated heterocycles. The normalized spacial score (nSPS) is 21.1. The molecule has 1 heterocycles. The number of benzene rings is 1. The van der Waals surface area contributed by atoms with Gasteiger partial charge in [-0.05, 0) is 5.56 Å². The molecular weight excluding hydrogens is 260 g/mol. The van der Waals surface area contributed by atoms with E-state index in [1.165, 1.54) is 0 Å². The van der Waals surface area contributed by atoms with E-state index in [-0.39, 0.29) is 30.9 Å². The van der Waals surface area contributed by atoms with Gasteiger partial charge in [-0.25, -0.2) is 0 Å². The second-order valence-electron chi connectivity index (χ2n) is 4.68. The van der Waals surface area contributed by atoms with Crippen molar-refractivity contribution in [2.24, 2.45) is 0 Å². The van der Waals surface area contributed by atoms with Crippen LogP contribution in [0.2, 0.25) is 0 Å². The molecule has 5 nitrogen and oxygen atoms in total. The molecule has 1 fully saturated rings. The van der Waals surface area contributed by atoms with Crippen LogP contribution in [0.3, 0.4) is 0 Å². The molecule has 2 rings (SSSR count). The summed E-state index contributed by atoms with van der Waals surface area (Å²) in [5.41, 5.74) is 1.05. The third-order valence-corrected chi connectivity index (χ3v) is 3.21. The van der Waals surface area contributed by atoms with E-state index < -0.39 is 0 Å². The molecule has 0 aliphatic carbocycles. The molecule has 5 heteroatoms. The molecule has 110 valence electrons. The SMILES string of the molecule is COC(C[C@@H]1O[C@@H]1C(=O)COCc1ccccc1)OC. The Morgan fingerprint density at radius 1 is 1.25 bits per heavy atom. The number of Topliss-reactive ketones (excluding diaryl/α,β-unsaturated/α-hetero) is 1. The molecule has 0 radical (unpaired) electrons. The highest BCUT2D eigenvalue weighted by atomic mass is 16.7. The largest absolute Gasteiger partial charge is 0.369 e. The smallest absolute Gasteiger partial charge is 0.189 e. The van der Waals surface area contributed by atoms with Crippen LogP contribution < -0.4 is 0 Å². The average molecular weight is 280 g/mol. The Hall–Kier alpha value is -1.27. The summed E-state index contributed by atoms with van der Waals surface area (Å²) in [6.45, 7) is 0.503. The summed E-state index contributed by atoms with van der Waals surface area (Å²) in [5, 5.41) is 0. The van der Waals surface area contributed by atoms with Crippen molar-refractivity contribution in [1.82, 2.24) is 0 Å². The van der Waals surface area contributed by atoms with Crippen LogP contribution >= 0.6 is 0 Å². The molecule has 1 aromatic carbocycles. The van der Waals surface area contributed by atoms with Gasteiger partial charge in [-0.2, -0.15) is 0 Å². The lowest BCUT2D eigenvalue weighted by molar-refractivity contribution is -0.125. The van der Waals surface area contributed by atoms with Crippen LogP contribution in [0, 0.1) is 0 Å². The fourth-order valence-electron chi connectivity index (χ4n) is 2.01. The number of hydrogen-bond donors (Lipinski definition) is 0. The molecule has 0 unspecified atom stereocenters. The monoisotopic (exact) mass is 280 g/mol. The van der Waals surface area contributed by atoms with Crippen LogP contribution in [0.4, 0.5) is 0 Å². The van der Waals surface area contributed by atoms with Crippen molar-refractivity contribution in [3.8, 4) is 0 Å². The second kappa shape index (κ2) is 7.50. The predicted octanol–water partition coefficient (Wildman–Crippen LogP) is 1.55. The van der Waals surface area contributed by atoms with E-state index in [2.05, 4.69) is 0 Å². The Labute approximate surface area is 118 Å². The van der Waals surface area contributed by atoms with Crippen molar-refractivity contribution in [2.75, 3.05) is 20.8 Å². The zero-order chi connectivity index (χ0) is 14.4. The zero-order valence-electron chi connectivity index (χ0n) is 11.8. The van der Waals surface area contributed by atoms with Crippen LogP contribution in [-0.2, 0) is 30.3 Å². The molecule has 20 heavy (non-hydrogen) atoms. The molecule has 0 saturated carbocycles. The van der Waals surface area contributed by atoms with Crippen molar-refractivity contribution in [3.05, 3.63) is 35.9 Å². The second-order valence-corrected chi connectivity index (χ2v) is 4.68. The molecule has 1 aromatic rings. The molecular formula is C15H20O5. The van der Waals surface area contributed by atoms with Gasteiger partial charge in [-0.15, -0.1) is 0 Å². The molecule has 0 aromatic heterocycles. The number of epoxide rings is 1. The Morgan fingerprint density at radius 2 is 1.95 bits per heavy atom. The first kappa shape index (κ1) is 15.1. The van der Waals surface area contributed by atoms with Gasteiger partial charge in [-0.1, -0.05) is 30.3 Å². The number of methoxy groups -OCH3 is 2. The van der Waals surface area contributed by atoms with E-state index in [9.17, 15) is 4.79 Å². The molecule has 1 aliphatic rings. The quantitative estimate of drug-likeness (QED) is 0.507. The lowest BCUT2D eigenvalue weighted by atomic mass is 10.2. The first-order valence-corrected chi connectivity index (χ1v) is 6.60. The number of hydrogen-bond acceptors (Lipinski definition) is 5. The van der Waals surface area contributed by atoms with Crippen molar-refractivity contribution in [1.29, 1.82) is 0 Å². The maximum atomic E-state index is 11.8. The van der Waals surface area contributed by atoms with Gasteiger partial charge < -0.3 is 18.9 Å². The van der Waals surface area contributed by atoms with Crippen LogP contribution in [0.15, 0.2) is 30.3 Å². The van der Waals surface area contributed by atoms with Gasteiger partial charge in [-0.3, -0.25) is 4.79 Å². The molecule has 0 spiro atoms. The average Bonchev–Trinajstić information content (AvgIpc) is 3.25. The summed E-state index contributed by atoms with van der Waals surface area (Å²) in [7, 11) is 3.13. The topological polar surface area (TPSA) is 57.3 Å². The van der Waals surface area contributed by atoms with E-state index in [1.807, 2.05) is 30.3 Å². The highest BCUT2D eigenvalue weighted by Crippen LogP contribution is 2.28. The lowest BCUT2D eigenvalue weighted by Gasteiger charge is -2.10. The fraction of sp³-hybridized carbons (Fsp3) is 0.533. The van der Waals surface area contributed by atoms with E-state index in [1.54, 1.807) is 14.2 Å². The number of carbonyl (C=O) groups excluding carboxylic acids is 1. The summed E-state index contributed by atoms with van der Waals surface area (Å²) in [6.07, 6.45) is -0.267. The van der Waals surface area contributed by atoms with Crippen molar-refractivity contribution < 1.29 is 23.7 Å². The third kappa shape index (κ3) is 4.38. The standard InChI is InChI=1S/C15H20O5/c1-17-14(18-2)8-13-15(20-13)12(16)10-19-9-11-6-4-3-5-7-11/h3-7,13-15H,8-10H2,1-2H3/t13-,15+/m0/s1. The molecule has 2 atom stereocenters. The van der Waals surface area contributed by atoms with E-state index in [4.69, 9.17) is 18.9 Å². The van der Waals surface area contributed by atoms with Crippen molar-refractivity contribution in [3.63, 3.8) is 0 Å². The Kier molecular flexibility index (Phi) is 5.67. The summed E-state index contributed by atoms with van der Waals surface area (Å²) in [6, 6.07) is 9.75. The zero-order valence-corrected chi connectivity index (χ0v) is 11.8. The minimum Gasteiger partial charge on any atom is -0.369 e.